The van der Waals surface area contributed by atoms with Gasteiger partial charge < -0.3 is 15.6 Å². The maximum Gasteiger partial charge on any atom is 0.318 e. The molecule has 0 bridgehead atoms. The maximum absolute atomic E-state index is 14.0. The van der Waals surface area contributed by atoms with Gasteiger partial charge in [0.1, 0.15) is 11.2 Å². The topological polar surface area (TPSA) is 72.5 Å². The Bertz CT molecular complexity index is 436. The summed E-state index contributed by atoms with van der Waals surface area (Å²) in [5.41, 5.74) is 4.52. The predicted molar refractivity (Wildman–Crippen MR) is 70.1 cm³/mol. The number of rotatable bonds is 6. The Balaban J connectivity index is 3.31. The summed E-state index contributed by atoms with van der Waals surface area (Å²) >= 11 is 0. The number of ether oxygens (including phenoxy) is 1. The summed E-state index contributed by atoms with van der Waals surface area (Å²) < 4.78 is 19.0. The second kappa shape index (κ2) is 6.63. The number of esters is 1. The van der Waals surface area contributed by atoms with Crippen molar-refractivity contribution in [1.29, 1.82) is 0 Å². The fraction of sp³-hybridized carbons (Fsp3) is 0.500. The first-order valence-corrected chi connectivity index (χ1v) is 6.28. The number of carbonyl (C=O) groups is 1. The molecule has 0 saturated carbocycles. The summed E-state index contributed by atoms with van der Waals surface area (Å²) in [5.74, 6) is -1.13. The van der Waals surface area contributed by atoms with Crippen molar-refractivity contribution in [2.24, 2.45) is 5.73 Å². The lowest BCUT2D eigenvalue weighted by Crippen LogP contribution is -2.47. The minimum atomic E-state index is -1.35. The first-order valence-electron chi connectivity index (χ1n) is 6.28. The lowest BCUT2D eigenvalue weighted by Gasteiger charge is -2.32. The minimum absolute atomic E-state index is 0.0171. The van der Waals surface area contributed by atoms with Gasteiger partial charge in [-0.1, -0.05) is 18.2 Å². The third kappa shape index (κ3) is 3.30. The number of hydrogen-bond donors (Lipinski definition) is 2. The van der Waals surface area contributed by atoms with Crippen LogP contribution >= 0.6 is 0 Å². The highest BCUT2D eigenvalue weighted by Gasteiger charge is 2.43. The smallest absolute Gasteiger partial charge is 0.318 e. The van der Waals surface area contributed by atoms with Crippen LogP contribution in [0, 0.1) is 5.82 Å². The average molecular weight is 269 g/mol. The SMILES string of the molecule is CCOC(=O)C(CN)(CC(C)O)c1ccccc1F. The van der Waals surface area contributed by atoms with Gasteiger partial charge in [-0.25, -0.2) is 4.39 Å². The Morgan fingerprint density at radius 3 is 2.63 bits per heavy atom. The lowest BCUT2D eigenvalue weighted by atomic mass is 9.75. The molecular weight excluding hydrogens is 249 g/mol. The summed E-state index contributed by atoms with van der Waals surface area (Å²) in [6, 6.07) is 5.93. The molecule has 0 amide bonds. The molecule has 3 N–H and O–H groups in total. The number of halogens is 1. The van der Waals surface area contributed by atoms with Crippen LogP contribution in [-0.4, -0.2) is 30.3 Å². The zero-order valence-corrected chi connectivity index (χ0v) is 11.2. The molecule has 0 aliphatic rings. The number of aliphatic hydroxyl groups excluding tert-OH is 1. The zero-order chi connectivity index (χ0) is 14.5. The Kier molecular flexibility index (Phi) is 5.44. The Morgan fingerprint density at radius 2 is 2.16 bits per heavy atom. The molecule has 19 heavy (non-hydrogen) atoms. The van der Waals surface area contributed by atoms with Crippen molar-refractivity contribution in [3.05, 3.63) is 35.6 Å². The molecule has 0 aromatic heterocycles. The molecule has 1 aromatic rings. The first-order chi connectivity index (χ1) is 8.97. The standard InChI is InChI=1S/C14H20FNO3/c1-3-19-13(18)14(9-16,8-10(2)17)11-6-4-5-7-12(11)15/h4-7,10,17H,3,8-9,16H2,1-2H3. The van der Waals surface area contributed by atoms with Gasteiger partial charge in [0.05, 0.1) is 12.7 Å². The van der Waals surface area contributed by atoms with Crippen LogP contribution < -0.4 is 5.73 Å². The molecule has 1 rings (SSSR count). The molecule has 2 atom stereocenters. The van der Waals surface area contributed by atoms with E-state index in [-0.39, 0.29) is 25.1 Å². The Hall–Kier alpha value is -1.46. The molecule has 4 nitrogen and oxygen atoms in total. The molecular formula is C14H20FNO3. The zero-order valence-electron chi connectivity index (χ0n) is 11.2. The van der Waals surface area contributed by atoms with E-state index >= 15 is 0 Å². The number of aliphatic hydroxyl groups is 1. The number of nitrogens with two attached hydrogens (primary N) is 1. The van der Waals surface area contributed by atoms with E-state index in [2.05, 4.69) is 0 Å². The third-order valence-electron chi connectivity index (χ3n) is 3.05. The van der Waals surface area contributed by atoms with Gasteiger partial charge in [0.25, 0.3) is 0 Å². The number of benzene rings is 1. The lowest BCUT2D eigenvalue weighted by molar-refractivity contribution is -0.151. The Morgan fingerprint density at radius 1 is 1.53 bits per heavy atom. The average Bonchev–Trinajstić information content (AvgIpc) is 2.36. The van der Waals surface area contributed by atoms with E-state index in [0.717, 1.165) is 0 Å². The molecule has 2 unspecified atom stereocenters. The van der Waals surface area contributed by atoms with E-state index in [1.54, 1.807) is 13.0 Å². The molecule has 5 heteroatoms. The molecule has 0 heterocycles. The number of hydrogen-bond acceptors (Lipinski definition) is 4. The van der Waals surface area contributed by atoms with E-state index in [9.17, 15) is 14.3 Å². The summed E-state index contributed by atoms with van der Waals surface area (Å²) in [5, 5.41) is 9.60. The molecule has 106 valence electrons. The largest absolute Gasteiger partial charge is 0.465 e. The van der Waals surface area contributed by atoms with E-state index in [0.29, 0.717) is 0 Å². The van der Waals surface area contributed by atoms with Crippen LogP contribution in [0.5, 0.6) is 0 Å². The second-order valence-corrected chi connectivity index (χ2v) is 4.54. The molecule has 0 saturated heterocycles. The van der Waals surface area contributed by atoms with Gasteiger partial charge in [0.15, 0.2) is 0 Å². The quantitative estimate of drug-likeness (QED) is 0.765. The summed E-state index contributed by atoms with van der Waals surface area (Å²) in [4.78, 5) is 12.2. The van der Waals surface area contributed by atoms with Crippen molar-refractivity contribution in [1.82, 2.24) is 0 Å². The normalized spacial score (nSPS) is 15.6. The third-order valence-corrected chi connectivity index (χ3v) is 3.05. The minimum Gasteiger partial charge on any atom is -0.465 e. The van der Waals surface area contributed by atoms with Crippen LogP contribution in [0.1, 0.15) is 25.8 Å². The van der Waals surface area contributed by atoms with Crippen LogP contribution in [0.2, 0.25) is 0 Å². The maximum atomic E-state index is 14.0. The van der Waals surface area contributed by atoms with Crippen molar-refractivity contribution in [2.75, 3.05) is 13.2 Å². The van der Waals surface area contributed by atoms with Crippen LogP contribution in [-0.2, 0) is 14.9 Å². The van der Waals surface area contributed by atoms with Crippen molar-refractivity contribution in [2.45, 2.75) is 31.8 Å². The van der Waals surface area contributed by atoms with E-state index in [1.165, 1.54) is 25.1 Å². The second-order valence-electron chi connectivity index (χ2n) is 4.54. The highest BCUT2D eigenvalue weighted by Crippen LogP contribution is 2.32. The van der Waals surface area contributed by atoms with E-state index < -0.39 is 23.3 Å². The fourth-order valence-electron chi connectivity index (χ4n) is 2.20. The van der Waals surface area contributed by atoms with E-state index in [1.807, 2.05) is 0 Å². The van der Waals surface area contributed by atoms with E-state index in [4.69, 9.17) is 10.5 Å². The van der Waals surface area contributed by atoms with Gasteiger partial charge in [-0.15, -0.1) is 0 Å². The van der Waals surface area contributed by atoms with Crippen molar-refractivity contribution < 1.29 is 19.0 Å². The summed E-state index contributed by atoms with van der Waals surface area (Å²) in [6.45, 7) is 3.25. The fourth-order valence-corrected chi connectivity index (χ4v) is 2.20. The highest BCUT2D eigenvalue weighted by molar-refractivity contribution is 5.83. The molecule has 0 fully saturated rings. The summed E-state index contributed by atoms with van der Waals surface area (Å²) in [6.07, 6.45) is -0.781. The number of carbonyl (C=O) groups excluding carboxylic acids is 1. The highest BCUT2D eigenvalue weighted by atomic mass is 19.1. The molecule has 0 aliphatic heterocycles. The van der Waals surface area contributed by atoms with Gasteiger partial charge in [-0.3, -0.25) is 4.79 Å². The van der Waals surface area contributed by atoms with Crippen LogP contribution in [0.3, 0.4) is 0 Å². The molecule has 1 aromatic carbocycles. The van der Waals surface area contributed by atoms with Crippen LogP contribution in [0.15, 0.2) is 24.3 Å². The van der Waals surface area contributed by atoms with Gasteiger partial charge in [0.2, 0.25) is 0 Å². The molecule has 0 aliphatic carbocycles. The predicted octanol–water partition coefficient (Wildman–Crippen LogP) is 1.36. The van der Waals surface area contributed by atoms with Crippen LogP contribution in [0.25, 0.3) is 0 Å². The van der Waals surface area contributed by atoms with Crippen molar-refractivity contribution >= 4 is 5.97 Å². The van der Waals surface area contributed by atoms with Gasteiger partial charge in [-0.05, 0) is 26.3 Å². The van der Waals surface area contributed by atoms with Crippen molar-refractivity contribution in [3.63, 3.8) is 0 Å². The Labute approximate surface area is 112 Å². The molecule has 0 radical (unpaired) electrons. The van der Waals surface area contributed by atoms with Crippen LogP contribution in [0.4, 0.5) is 4.39 Å². The monoisotopic (exact) mass is 269 g/mol. The van der Waals surface area contributed by atoms with Crippen molar-refractivity contribution in [3.8, 4) is 0 Å². The molecule has 0 spiro atoms. The van der Waals surface area contributed by atoms with Gasteiger partial charge in [0, 0.05) is 12.1 Å². The van der Waals surface area contributed by atoms with Gasteiger partial charge in [-0.2, -0.15) is 0 Å². The first kappa shape index (κ1) is 15.6. The summed E-state index contributed by atoms with van der Waals surface area (Å²) in [7, 11) is 0. The van der Waals surface area contributed by atoms with Gasteiger partial charge >= 0.3 is 5.97 Å².